The minimum Gasteiger partial charge on any atom is -0.449 e. The molecule has 0 heterocycles. The van der Waals surface area contributed by atoms with Gasteiger partial charge in [0.25, 0.3) is 0 Å². The van der Waals surface area contributed by atoms with Crippen LogP contribution in [0.2, 0.25) is 0 Å². The summed E-state index contributed by atoms with van der Waals surface area (Å²) in [5, 5.41) is 24.1. The number of ether oxygens (including phenoxy) is 1. The van der Waals surface area contributed by atoms with Gasteiger partial charge in [-0.3, -0.25) is 4.79 Å². The molecule has 4 aromatic carbocycles. The minimum absolute atomic E-state index is 0.0424. The van der Waals surface area contributed by atoms with Crippen molar-refractivity contribution in [2.45, 2.75) is 24.5 Å². The summed E-state index contributed by atoms with van der Waals surface area (Å²) in [7, 11) is 0. The zero-order valence-corrected chi connectivity index (χ0v) is 20.8. The quantitative estimate of drug-likeness (QED) is 0.269. The van der Waals surface area contributed by atoms with E-state index in [0.717, 1.165) is 22.3 Å². The number of aliphatic hydroxyl groups is 2. The summed E-state index contributed by atoms with van der Waals surface area (Å²) in [6.45, 7) is 0.295. The first-order valence-electron chi connectivity index (χ1n) is 12.7. The van der Waals surface area contributed by atoms with Gasteiger partial charge in [0.15, 0.2) is 5.78 Å². The van der Waals surface area contributed by atoms with Crippen LogP contribution in [0, 0.1) is 0 Å². The van der Waals surface area contributed by atoms with Crippen molar-refractivity contribution in [2.75, 3.05) is 13.2 Å². The summed E-state index contributed by atoms with van der Waals surface area (Å²) in [5.74, 6) is -0.275. The van der Waals surface area contributed by atoms with E-state index in [9.17, 15) is 19.8 Å². The third kappa shape index (κ3) is 5.23. The van der Waals surface area contributed by atoms with Crippen LogP contribution in [0.15, 0.2) is 103 Å². The van der Waals surface area contributed by atoms with E-state index in [4.69, 9.17) is 4.74 Å². The number of carbonyl (C=O) groups excluding carboxylic acids is 2. The van der Waals surface area contributed by atoms with Crippen molar-refractivity contribution in [1.82, 2.24) is 5.32 Å². The molecule has 0 fully saturated rings. The second kappa shape index (κ2) is 11.4. The van der Waals surface area contributed by atoms with E-state index in [2.05, 4.69) is 29.6 Å². The average molecular weight is 508 g/mol. The van der Waals surface area contributed by atoms with Crippen molar-refractivity contribution in [3.05, 3.63) is 131 Å². The Balaban J connectivity index is 1.15. The Morgan fingerprint density at radius 2 is 1.34 bits per heavy atom. The third-order valence-corrected chi connectivity index (χ3v) is 6.98. The van der Waals surface area contributed by atoms with Crippen LogP contribution < -0.4 is 5.32 Å². The van der Waals surface area contributed by atoms with Crippen LogP contribution in [-0.2, 0) is 4.74 Å². The molecule has 0 aliphatic heterocycles. The summed E-state index contributed by atoms with van der Waals surface area (Å²) in [5.41, 5.74) is 5.73. The molecule has 5 rings (SSSR count). The number of carbonyl (C=O) groups is 2. The molecule has 2 unspecified atom stereocenters. The van der Waals surface area contributed by atoms with Crippen molar-refractivity contribution < 1.29 is 24.5 Å². The van der Waals surface area contributed by atoms with Crippen molar-refractivity contribution in [3.63, 3.8) is 0 Å². The van der Waals surface area contributed by atoms with Crippen LogP contribution in [0.5, 0.6) is 0 Å². The summed E-state index contributed by atoms with van der Waals surface area (Å²) in [6, 6.07) is 31.7. The average Bonchev–Trinajstić information content (AvgIpc) is 3.29. The first-order chi connectivity index (χ1) is 18.5. The summed E-state index contributed by atoms with van der Waals surface area (Å²) in [4.78, 5) is 25.4. The number of amides is 1. The first-order valence-corrected chi connectivity index (χ1v) is 12.7. The highest BCUT2D eigenvalue weighted by Gasteiger charge is 2.29. The van der Waals surface area contributed by atoms with Crippen molar-refractivity contribution in [1.29, 1.82) is 0 Å². The fourth-order valence-corrected chi connectivity index (χ4v) is 5.04. The smallest absolute Gasteiger partial charge is 0.407 e. The lowest BCUT2D eigenvalue weighted by atomic mass is 9.92. The van der Waals surface area contributed by atoms with Crippen LogP contribution in [0.3, 0.4) is 0 Å². The number of alkyl carbamates (subject to hydrolysis) is 1. The van der Waals surface area contributed by atoms with Crippen LogP contribution in [0.1, 0.15) is 51.1 Å². The number of fused-ring (bicyclic) bond motifs is 3. The molecule has 0 spiro atoms. The van der Waals surface area contributed by atoms with Gasteiger partial charge in [-0.25, -0.2) is 4.79 Å². The van der Waals surface area contributed by atoms with Crippen LogP contribution in [0.25, 0.3) is 11.1 Å². The Morgan fingerprint density at radius 1 is 0.763 bits per heavy atom. The largest absolute Gasteiger partial charge is 0.449 e. The number of nitrogens with one attached hydrogen (secondary N) is 1. The molecule has 1 aliphatic carbocycles. The van der Waals surface area contributed by atoms with Gasteiger partial charge >= 0.3 is 6.09 Å². The van der Waals surface area contributed by atoms with Crippen molar-refractivity contribution in [2.24, 2.45) is 0 Å². The van der Waals surface area contributed by atoms with E-state index in [1.54, 1.807) is 48.5 Å². The maximum atomic E-state index is 13.0. The molecule has 6 nitrogen and oxygen atoms in total. The fourth-order valence-electron chi connectivity index (χ4n) is 5.04. The van der Waals surface area contributed by atoms with E-state index >= 15 is 0 Å². The molecule has 3 N–H and O–H groups in total. The molecule has 1 aliphatic rings. The highest BCUT2D eigenvalue weighted by Crippen LogP contribution is 2.44. The number of aliphatic hydroxyl groups excluding tert-OH is 2. The molecular formula is C32H29NO5. The SMILES string of the molecule is O=C(NCCC(O)C(O)c1ccccc1C(=O)c1ccccc1)OCC1c2ccccc2-c2ccccc21. The molecule has 0 bridgehead atoms. The zero-order chi connectivity index (χ0) is 26.5. The molecule has 0 aromatic heterocycles. The van der Waals surface area contributed by atoms with E-state index in [1.165, 1.54) is 0 Å². The summed E-state index contributed by atoms with van der Waals surface area (Å²) in [6.07, 6.45) is -2.98. The minimum atomic E-state index is -1.29. The van der Waals surface area contributed by atoms with E-state index in [-0.39, 0.29) is 31.3 Å². The van der Waals surface area contributed by atoms with Gasteiger partial charge in [-0.2, -0.15) is 0 Å². The van der Waals surface area contributed by atoms with Crippen molar-refractivity contribution >= 4 is 11.9 Å². The monoisotopic (exact) mass is 507 g/mol. The van der Waals surface area contributed by atoms with Crippen molar-refractivity contribution in [3.8, 4) is 11.1 Å². The van der Waals surface area contributed by atoms with Gasteiger partial charge in [-0.1, -0.05) is 103 Å². The number of ketones is 1. The number of benzene rings is 4. The van der Waals surface area contributed by atoms with Crippen LogP contribution in [0.4, 0.5) is 4.79 Å². The maximum absolute atomic E-state index is 13.0. The molecule has 4 aromatic rings. The Hall–Kier alpha value is -4.26. The molecule has 1 amide bonds. The molecule has 192 valence electrons. The Kier molecular flexibility index (Phi) is 7.63. The number of hydrogen-bond acceptors (Lipinski definition) is 5. The summed E-state index contributed by atoms with van der Waals surface area (Å²) < 4.78 is 5.53. The van der Waals surface area contributed by atoms with Gasteiger partial charge in [0.05, 0.1) is 6.10 Å². The molecule has 0 saturated heterocycles. The summed E-state index contributed by atoms with van der Waals surface area (Å²) >= 11 is 0. The second-order valence-corrected chi connectivity index (χ2v) is 9.34. The van der Waals surface area contributed by atoms with Gasteiger partial charge in [-0.05, 0) is 34.2 Å². The first kappa shape index (κ1) is 25.4. The highest BCUT2D eigenvalue weighted by atomic mass is 16.5. The highest BCUT2D eigenvalue weighted by molar-refractivity contribution is 6.10. The van der Waals surface area contributed by atoms with Gasteiger partial charge in [-0.15, -0.1) is 0 Å². The van der Waals surface area contributed by atoms with Gasteiger partial charge in [0, 0.05) is 23.6 Å². The third-order valence-electron chi connectivity index (χ3n) is 6.98. The predicted molar refractivity (Wildman–Crippen MR) is 145 cm³/mol. The molecule has 0 radical (unpaired) electrons. The number of hydrogen-bond donors (Lipinski definition) is 3. The normalized spacial score (nSPS) is 13.7. The Labute approximate surface area is 221 Å². The molecular weight excluding hydrogens is 478 g/mol. The zero-order valence-electron chi connectivity index (χ0n) is 20.8. The van der Waals surface area contributed by atoms with Crippen LogP contribution in [-0.4, -0.2) is 41.3 Å². The van der Waals surface area contributed by atoms with Gasteiger partial charge in [0.1, 0.15) is 12.7 Å². The molecule has 38 heavy (non-hydrogen) atoms. The van der Waals surface area contributed by atoms with Gasteiger partial charge < -0.3 is 20.3 Å². The molecule has 0 saturated carbocycles. The topological polar surface area (TPSA) is 95.9 Å². The molecule has 6 heteroatoms. The second-order valence-electron chi connectivity index (χ2n) is 9.34. The Bertz CT molecular complexity index is 1390. The fraction of sp³-hybridized carbons (Fsp3) is 0.188. The van der Waals surface area contributed by atoms with E-state index in [0.29, 0.717) is 16.7 Å². The van der Waals surface area contributed by atoms with E-state index < -0.39 is 18.3 Å². The lowest BCUT2D eigenvalue weighted by Crippen LogP contribution is -2.31. The number of rotatable bonds is 9. The lowest BCUT2D eigenvalue weighted by Gasteiger charge is -2.21. The van der Waals surface area contributed by atoms with E-state index in [1.807, 2.05) is 30.3 Å². The van der Waals surface area contributed by atoms with Crippen LogP contribution >= 0.6 is 0 Å². The van der Waals surface area contributed by atoms with Gasteiger partial charge in [0.2, 0.25) is 0 Å². The Morgan fingerprint density at radius 3 is 2.03 bits per heavy atom. The standard InChI is InChI=1S/C32H29NO5/c34-29(31(36)27-17-9-8-16-26(27)30(35)21-10-2-1-3-11-21)18-19-33-32(37)38-20-28-24-14-6-4-12-22(24)23-13-5-7-15-25(23)28/h1-17,28-29,31,34,36H,18-20H2,(H,33,37). The molecule has 2 atom stereocenters. The maximum Gasteiger partial charge on any atom is 0.407 e. The lowest BCUT2D eigenvalue weighted by molar-refractivity contribution is 0.0133. The predicted octanol–water partition coefficient (Wildman–Crippen LogP) is 5.24.